The Morgan fingerprint density at radius 3 is 2.67 bits per heavy atom. The lowest BCUT2D eigenvalue weighted by molar-refractivity contribution is 0.0733. The number of amides is 1. The van der Waals surface area contributed by atoms with Gasteiger partial charge in [0.15, 0.2) is 0 Å². The van der Waals surface area contributed by atoms with Gasteiger partial charge in [0.05, 0.1) is 5.56 Å². The van der Waals surface area contributed by atoms with Crippen LogP contribution >= 0.6 is 0 Å². The van der Waals surface area contributed by atoms with Gasteiger partial charge in [-0.1, -0.05) is 6.07 Å². The highest BCUT2D eigenvalue weighted by Gasteiger charge is 2.30. The number of fused-ring (bicyclic) bond motifs is 2. The van der Waals surface area contributed by atoms with Crippen LogP contribution in [0.2, 0.25) is 0 Å². The standard InChI is InChI=1S/C29H30N6O/c1-17-12-31-28-23(17)11-21(13-34-28)20-9-19-6-8-35(16-25(19)24(10-20)26-3-2-7-30-26)29(36)22-14-32-27(33-15-22)18-4-5-18/h9-15,18,26,30H,2-8,16H2,1H3,(H,31,34). The highest BCUT2D eigenvalue weighted by molar-refractivity contribution is 5.94. The maximum atomic E-state index is 13.4. The fraction of sp³-hybridized carbons (Fsp3) is 0.379. The zero-order chi connectivity index (χ0) is 24.2. The third-order valence-corrected chi connectivity index (χ3v) is 8.03. The van der Waals surface area contributed by atoms with Crippen LogP contribution < -0.4 is 5.32 Å². The monoisotopic (exact) mass is 478 g/mol. The first-order valence-corrected chi connectivity index (χ1v) is 13.1. The van der Waals surface area contributed by atoms with Crippen LogP contribution in [0.25, 0.3) is 22.2 Å². The number of nitrogens with one attached hydrogen (secondary N) is 2. The van der Waals surface area contributed by atoms with Crippen LogP contribution in [0, 0.1) is 6.92 Å². The minimum Gasteiger partial charge on any atom is -0.346 e. The lowest BCUT2D eigenvalue weighted by Gasteiger charge is -2.32. The smallest absolute Gasteiger partial charge is 0.257 e. The van der Waals surface area contributed by atoms with Gasteiger partial charge in [0.2, 0.25) is 0 Å². The van der Waals surface area contributed by atoms with Crippen molar-refractivity contribution in [2.24, 2.45) is 0 Å². The quantitative estimate of drug-likeness (QED) is 0.439. The Bertz CT molecular complexity index is 1460. The number of benzene rings is 1. The summed E-state index contributed by atoms with van der Waals surface area (Å²) in [4.78, 5) is 32.2. The molecule has 0 spiro atoms. The Kier molecular flexibility index (Phi) is 5.13. The van der Waals surface area contributed by atoms with Gasteiger partial charge < -0.3 is 15.2 Å². The minimum absolute atomic E-state index is 0.0231. The first-order valence-electron chi connectivity index (χ1n) is 13.1. The van der Waals surface area contributed by atoms with E-state index in [0.29, 0.717) is 30.6 Å². The fourth-order valence-corrected chi connectivity index (χ4v) is 5.77. The van der Waals surface area contributed by atoms with Crippen molar-refractivity contribution in [2.45, 2.75) is 57.5 Å². The van der Waals surface area contributed by atoms with Crippen LogP contribution in [0.5, 0.6) is 0 Å². The second kappa shape index (κ2) is 8.52. The third-order valence-electron chi connectivity index (χ3n) is 8.03. The number of rotatable bonds is 4. The summed E-state index contributed by atoms with van der Waals surface area (Å²) in [6, 6.07) is 7.20. The van der Waals surface area contributed by atoms with E-state index in [9.17, 15) is 4.79 Å². The molecule has 1 aliphatic carbocycles. The molecule has 3 aliphatic rings. The van der Waals surface area contributed by atoms with E-state index in [0.717, 1.165) is 54.6 Å². The molecule has 3 aromatic heterocycles. The molecular formula is C29H30N6O. The molecule has 7 rings (SSSR count). The molecule has 2 fully saturated rings. The number of H-pyrrole nitrogens is 1. The lowest BCUT2D eigenvalue weighted by Crippen LogP contribution is -2.37. The molecule has 1 saturated carbocycles. The SMILES string of the molecule is Cc1c[nH]c2ncc(-c3cc4c(c(C5CCCN5)c3)CN(C(=O)c3cnc(C5CC5)nc3)CC4)cc12. The van der Waals surface area contributed by atoms with Gasteiger partial charge >= 0.3 is 0 Å². The fourth-order valence-electron chi connectivity index (χ4n) is 5.77. The van der Waals surface area contributed by atoms with E-state index in [2.05, 4.69) is 50.4 Å². The summed E-state index contributed by atoms with van der Waals surface area (Å²) in [5.41, 5.74) is 9.01. The predicted octanol–water partition coefficient (Wildman–Crippen LogP) is 4.83. The minimum atomic E-state index is 0.0231. The van der Waals surface area contributed by atoms with Crippen molar-refractivity contribution >= 4 is 16.9 Å². The van der Waals surface area contributed by atoms with Crippen molar-refractivity contribution in [1.82, 2.24) is 30.2 Å². The van der Waals surface area contributed by atoms with Gasteiger partial charge in [-0.15, -0.1) is 0 Å². The summed E-state index contributed by atoms with van der Waals surface area (Å²) in [5.74, 6) is 1.39. The average Bonchev–Trinajstić information content (AvgIpc) is 3.50. The van der Waals surface area contributed by atoms with Crippen molar-refractivity contribution in [1.29, 1.82) is 0 Å². The Labute approximate surface area is 210 Å². The molecule has 1 atom stereocenters. The predicted molar refractivity (Wildman–Crippen MR) is 139 cm³/mol. The molecule has 2 aliphatic heterocycles. The van der Waals surface area contributed by atoms with E-state index in [-0.39, 0.29) is 5.91 Å². The number of carbonyl (C=O) groups is 1. The highest BCUT2D eigenvalue weighted by Crippen LogP contribution is 2.38. The molecule has 0 radical (unpaired) electrons. The second-order valence-electron chi connectivity index (χ2n) is 10.5. The van der Waals surface area contributed by atoms with Crippen LogP contribution in [0.1, 0.15) is 76.1 Å². The number of aryl methyl sites for hydroxylation is 1. The van der Waals surface area contributed by atoms with Gasteiger partial charge in [-0.3, -0.25) is 4.79 Å². The zero-order valence-electron chi connectivity index (χ0n) is 20.6. The summed E-state index contributed by atoms with van der Waals surface area (Å²) in [6.45, 7) is 4.47. The first-order chi connectivity index (χ1) is 17.6. The number of aromatic nitrogens is 4. The van der Waals surface area contributed by atoms with Crippen LogP contribution in [-0.2, 0) is 13.0 Å². The van der Waals surface area contributed by atoms with Crippen molar-refractivity contribution < 1.29 is 4.79 Å². The number of nitrogens with zero attached hydrogens (tertiary/aromatic N) is 4. The van der Waals surface area contributed by atoms with Crippen LogP contribution in [0.15, 0.2) is 43.0 Å². The molecule has 182 valence electrons. The molecule has 1 unspecified atom stereocenters. The zero-order valence-corrected chi connectivity index (χ0v) is 20.6. The number of carbonyl (C=O) groups excluding carboxylic acids is 1. The maximum absolute atomic E-state index is 13.4. The van der Waals surface area contributed by atoms with Gasteiger partial charge in [0, 0.05) is 60.8 Å². The largest absolute Gasteiger partial charge is 0.346 e. The molecule has 0 bridgehead atoms. The van der Waals surface area contributed by atoms with Crippen LogP contribution in [0.4, 0.5) is 0 Å². The van der Waals surface area contributed by atoms with E-state index in [1.807, 2.05) is 17.3 Å². The summed E-state index contributed by atoms with van der Waals surface area (Å²) >= 11 is 0. The number of hydrogen-bond acceptors (Lipinski definition) is 5. The van der Waals surface area contributed by atoms with Gasteiger partial charge in [-0.05, 0) is 85.5 Å². The Morgan fingerprint density at radius 2 is 1.89 bits per heavy atom. The van der Waals surface area contributed by atoms with Crippen molar-refractivity contribution in [3.8, 4) is 11.1 Å². The summed E-state index contributed by atoms with van der Waals surface area (Å²) in [7, 11) is 0. The Balaban J connectivity index is 1.23. The van der Waals surface area contributed by atoms with Gasteiger partial charge in [-0.2, -0.15) is 0 Å². The summed E-state index contributed by atoms with van der Waals surface area (Å²) < 4.78 is 0. The molecule has 4 aromatic rings. The van der Waals surface area contributed by atoms with Gasteiger partial charge in [0.1, 0.15) is 11.5 Å². The number of pyridine rings is 1. The molecule has 7 heteroatoms. The summed E-state index contributed by atoms with van der Waals surface area (Å²) in [6.07, 6.45) is 12.9. The molecule has 36 heavy (non-hydrogen) atoms. The topological polar surface area (TPSA) is 86.8 Å². The summed E-state index contributed by atoms with van der Waals surface area (Å²) in [5, 5.41) is 4.85. The Morgan fingerprint density at radius 1 is 1.03 bits per heavy atom. The average molecular weight is 479 g/mol. The lowest BCUT2D eigenvalue weighted by atomic mass is 9.87. The van der Waals surface area contributed by atoms with Crippen molar-refractivity contribution in [3.05, 3.63) is 76.6 Å². The molecule has 2 N–H and O–H groups in total. The number of hydrogen-bond donors (Lipinski definition) is 2. The van der Waals surface area contributed by atoms with E-state index in [1.54, 1.807) is 12.4 Å². The molecule has 1 aromatic carbocycles. The molecular weight excluding hydrogens is 448 g/mol. The first kappa shape index (κ1) is 21.7. The maximum Gasteiger partial charge on any atom is 0.257 e. The van der Waals surface area contributed by atoms with E-state index in [4.69, 9.17) is 0 Å². The Hall–Kier alpha value is -3.58. The van der Waals surface area contributed by atoms with E-state index >= 15 is 0 Å². The van der Waals surface area contributed by atoms with E-state index < -0.39 is 0 Å². The van der Waals surface area contributed by atoms with Crippen LogP contribution in [0.3, 0.4) is 0 Å². The van der Waals surface area contributed by atoms with Gasteiger partial charge in [-0.25, -0.2) is 15.0 Å². The van der Waals surface area contributed by atoms with E-state index in [1.165, 1.54) is 34.2 Å². The second-order valence-corrected chi connectivity index (χ2v) is 10.5. The normalized spacial score (nSPS) is 19.6. The molecule has 1 amide bonds. The molecule has 7 nitrogen and oxygen atoms in total. The van der Waals surface area contributed by atoms with Gasteiger partial charge in [0.25, 0.3) is 5.91 Å². The van der Waals surface area contributed by atoms with Crippen LogP contribution in [-0.4, -0.2) is 43.8 Å². The molecule has 5 heterocycles. The number of aromatic amines is 1. The molecule has 1 saturated heterocycles. The third kappa shape index (κ3) is 3.78. The highest BCUT2D eigenvalue weighted by atomic mass is 16.2. The van der Waals surface area contributed by atoms with Crippen molar-refractivity contribution in [3.63, 3.8) is 0 Å². The van der Waals surface area contributed by atoms with Crippen molar-refractivity contribution in [2.75, 3.05) is 13.1 Å².